The minimum Gasteiger partial charge on any atom is -0.444 e. The van der Waals surface area contributed by atoms with Crippen LogP contribution >= 0.6 is 0 Å². The van der Waals surface area contributed by atoms with Gasteiger partial charge in [-0.1, -0.05) is 12.1 Å². The van der Waals surface area contributed by atoms with Crippen LogP contribution in [0, 0.1) is 5.82 Å². The maximum absolute atomic E-state index is 13.3. The molecule has 0 spiro atoms. The maximum Gasteiger partial charge on any atom is 0.407 e. The number of amides is 1. The first-order valence-electron chi connectivity index (χ1n) is 6.81. The average molecular weight is 280 g/mol. The lowest BCUT2D eigenvalue weighted by atomic mass is 9.94. The number of alkyl carbamates (subject to hydrolysis) is 1. The number of carbonyl (C=O) groups is 1. The molecule has 4 nitrogen and oxygen atoms in total. The zero-order valence-corrected chi connectivity index (χ0v) is 12.1. The number of ether oxygens (including phenoxy) is 1. The van der Waals surface area contributed by atoms with Gasteiger partial charge >= 0.3 is 6.09 Å². The van der Waals surface area contributed by atoms with E-state index in [1.54, 1.807) is 6.07 Å². The molecule has 0 radical (unpaired) electrons. The molecule has 0 bridgehead atoms. The molecule has 5 heteroatoms. The summed E-state index contributed by atoms with van der Waals surface area (Å²) < 4.78 is 18.6. The minimum absolute atomic E-state index is 0.0539. The second-order valence-corrected chi connectivity index (χ2v) is 6.07. The predicted molar refractivity (Wildman–Crippen MR) is 75.2 cm³/mol. The van der Waals surface area contributed by atoms with Crippen molar-refractivity contribution in [3.8, 4) is 0 Å². The van der Waals surface area contributed by atoms with E-state index in [0.29, 0.717) is 13.1 Å². The molecule has 110 valence electrons. The molecule has 1 aromatic rings. The van der Waals surface area contributed by atoms with E-state index < -0.39 is 11.7 Å². The van der Waals surface area contributed by atoms with Crippen molar-refractivity contribution >= 4 is 6.09 Å². The minimum atomic E-state index is -0.523. The van der Waals surface area contributed by atoms with E-state index in [1.807, 2.05) is 26.8 Å². The monoisotopic (exact) mass is 280 g/mol. The quantitative estimate of drug-likeness (QED) is 0.874. The van der Waals surface area contributed by atoms with E-state index in [0.717, 1.165) is 5.56 Å². The molecule has 0 aliphatic carbocycles. The number of carbonyl (C=O) groups excluding carboxylic acids is 1. The molecule has 0 saturated carbocycles. The molecule has 1 fully saturated rings. The van der Waals surface area contributed by atoms with Crippen molar-refractivity contribution in [3.63, 3.8) is 0 Å². The third-order valence-corrected chi connectivity index (χ3v) is 3.19. The van der Waals surface area contributed by atoms with Crippen molar-refractivity contribution in [3.05, 3.63) is 35.6 Å². The lowest BCUT2D eigenvalue weighted by Gasteiger charge is -2.24. The molecule has 1 aliphatic rings. The summed E-state index contributed by atoms with van der Waals surface area (Å²) in [5.41, 5.74) is 0.362. The number of nitrogens with one attached hydrogen (secondary N) is 2. The summed E-state index contributed by atoms with van der Waals surface area (Å²) in [6.07, 6.45) is -0.437. The largest absolute Gasteiger partial charge is 0.444 e. The van der Waals surface area contributed by atoms with Gasteiger partial charge in [-0.25, -0.2) is 9.18 Å². The Morgan fingerprint density at radius 1 is 1.40 bits per heavy atom. The van der Waals surface area contributed by atoms with E-state index in [-0.39, 0.29) is 17.8 Å². The normalized spacial score (nSPS) is 22.6. The van der Waals surface area contributed by atoms with Crippen molar-refractivity contribution < 1.29 is 13.9 Å². The summed E-state index contributed by atoms with van der Waals surface area (Å²) in [6, 6.07) is 6.41. The summed E-state index contributed by atoms with van der Waals surface area (Å²) in [5.74, 6) is -0.205. The molecule has 1 amide bonds. The molecular formula is C15H21FN2O2. The number of hydrogen-bond donors (Lipinski definition) is 2. The summed E-state index contributed by atoms with van der Waals surface area (Å²) >= 11 is 0. The van der Waals surface area contributed by atoms with Gasteiger partial charge in [0.1, 0.15) is 11.4 Å². The van der Waals surface area contributed by atoms with E-state index in [4.69, 9.17) is 4.74 Å². The fraction of sp³-hybridized carbons (Fsp3) is 0.533. The highest BCUT2D eigenvalue weighted by molar-refractivity contribution is 5.68. The Morgan fingerprint density at radius 2 is 2.15 bits per heavy atom. The van der Waals surface area contributed by atoms with Crippen LogP contribution in [0.1, 0.15) is 32.3 Å². The summed E-state index contributed by atoms with van der Waals surface area (Å²) in [7, 11) is 0. The molecule has 1 aliphatic heterocycles. The van der Waals surface area contributed by atoms with Crippen LogP contribution in [0.5, 0.6) is 0 Å². The first kappa shape index (κ1) is 14.8. The second kappa shape index (κ2) is 5.79. The highest BCUT2D eigenvalue weighted by Gasteiger charge is 2.31. The Labute approximate surface area is 118 Å². The van der Waals surface area contributed by atoms with Crippen LogP contribution in [-0.2, 0) is 4.74 Å². The van der Waals surface area contributed by atoms with Gasteiger partial charge in [0.05, 0.1) is 6.04 Å². The highest BCUT2D eigenvalue weighted by Crippen LogP contribution is 2.23. The molecule has 20 heavy (non-hydrogen) atoms. The Balaban J connectivity index is 2.03. The molecule has 1 unspecified atom stereocenters. The lowest BCUT2D eigenvalue weighted by molar-refractivity contribution is 0.0504. The van der Waals surface area contributed by atoms with E-state index in [1.165, 1.54) is 12.1 Å². The molecule has 2 N–H and O–H groups in total. The maximum atomic E-state index is 13.3. The Morgan fingerprint density at radius 3 is 2.80 bits per heavy atom. The summed E-state index contributed by atoms with van der Waals surface area (Å²) in [4.78, 5) is 11.8. The lowest BCUT2D eigenvalue weighted by Crippen LogP contribution is -2.42. The van der Waals surface area contributed by atoms with Crippen LogP contribution in [0.25, 0.3) is 0 Å². The van der Waals surface area contributed by atoms with Gasteiger partial charge in [0.2, 0.25) is 0 Å². The molecule has 2 rings (SSSR count). The van der Waals surface area contributed by atoms with Crippen molar-refractivity contribution in [1.29, 1.82) is 0 Å². The Kier molecular flexibility index (Phi) is 4.28. The smallest absolute Gasteiger partial charge is 0.407 e. The molecule has 1 heterocycles. The molecule has 0 aromatic heterocycles. The van der Waals surface area contributed by atoms with Crippen molar-refractivity contribution in [2.75, 3.05) is 13.1 Å². The van der Waals surface area contributed by atoms with E-state index >= 15 is 0 Å². The summed E-state index contributed by atoms with van der Waals surface area (Å²) in [6.45, 7) is 6.83. The fourth-order valence-electron chi connectivity index (χ4n) is 2.38. The molecule has 2 atom stereocenters. The van der Waals surface area contributed by atoms with Gasteiger partial charge in [0.15, 0.2) is 0 Å². The SMILES string of the molecule is CC(C)(C)OC(=O)N[C@@H]1CNCC1c1cccc(F)c1. The van der Waals surface area contributed by atoms with E-state index in [2.05, 4.69) is 10.6 Å². The van der Waals surface area contributed by atoms with Gasteiger partial charge in [-0.2, -0.15) is 0 Å². The van der Waals surface area contributed by atoms with Crippen LogP contribution in [0.2, 0.25) is 0 Å². The van der Waals surface area contributed by atoms with E-state index in [9.17, 15) is 9.18 Å². The average Bonchev–Trinajstić information content (AvgIpc) is 2.74. The van der Waals surface area contributed by atoms with Gasteiger partial charge in [-0.3, -0.25) is 0 Å². The standard InChI is InChI=1S/C15H21FN2O2/c1-15(2,3)20-14(19)18-13-9-17-8-12(13)10-5-4-6-11(16)7-10/h4-7,12-13,17H,8-9H2,1-3H3,(H,18,19)/t12?,13-/m1/s1. The highest BCUT2D eigenvalue weighted by atomic mass is 19.1. The number of hydrogen-bond acceptors (Lipinski definition) is 3. The van der Waals surface area contributed by atoms with Crippen molar-refractivity contribution in [1.82, 2.24) is 10.6 Å². The molecule has 1 aromatic carbocycles. The fourth-order valence-corrected chi connectivity index (χ4v) is 2.38. The number of benzene rings is 1. The first-order chi connectivity index (χ1) is 9.35. The van der Waals surface area contributed by atoms with Crippen molar-refractivity contribution in [2.45, 2.75) is 38.3 Å². The van der Waals surface area contributed by atoms with Crippen LogP contribution in [-0.4, -0.2) is 30.8 Å². The summed E-state index contributed by atoms with van der Waals surface area (Å²) in [5, 5.41) is 6.07. The van der Waals surface area contributed by atoms with Crippen LogP contribution < -0.4 is 10.6 Å². The Bertz CT molecular complexity index is 485. The molecular weight excluding hydrogens is 259 g/mol. The topological polar surface area (TPSA) is 50.4 Å². The predicted octanol–water partition coefficient (Wildman–Crippen LogP) is 2.41. The van der Waals surface area contributed by atoms with Gasteiger partial charge in [0, 0.05) is 19.0 Å². The molecule has 1 saturated heterocycles. The number of rotatable bonds is 2. The van der Waals surface area contributed by atoms with Crippen LogP contribution in [0.4, 0.5) is 9.18 Å². The third-order valence-electron chi connectivity index (χ3n) is 3.19. The van der Waals surface area contributed by atoms with Gasteiger partial charge < -0.3 is 15.4 Å². The third kappa shape index (κ3) is 3.93. The van der Waals surface area contributed by atoms with Crippen LogP contribution in [0.3, 0.4) is 0 Å². The van der Waals surface area contributed by atoms with Gasteiger partial charge in [0.25, 0.3) is 0 Å². The van der Waals surface area contributed by atoms with Gasteiger partial charge in [-0.15, -0.1) is 0 Å². The van der Waals surface area contributed by atoms with Crippen molar-refractivity contribution in [2.24, 2.45) is 0 Å². The van der Waals surface area contributed by atoms with Crippen LogP contribution in [0.15, 0.2) is 24.3 Å². The Hall–Kier alpha value is -1.62. The first-order valence-corrected chi connectivity index (χ1v) is 6.81. The zero-order valence-electron chi connectivity index (χ0n) is 12.1. The number of halogens is 1. The second-order valence-electron chi connectivity index (χ2n) is 6.07. The zero-order chi connectivity index (χ0) is 14.8. The van der Waals surface area contributed by atoms with Gasteiger partial charge in [-0.05, 0) is 38.5 Å².